The lowest BCUT2D eigenvalue weighted by molar-refractivity contribution is -0.113. The van der Waals surface area contributed by atoms with Crippen LogP contribution < -0.4 is 5.32 Å². The molecule has 1 heterocycles. The number of carbonyl (C=O) groups excluding carboxylic acids is 1. The topological polar surface area (TPSA) is 59.8 Å². The van der Waals surface area contributed by atoms with Crippen LogP contribution in [0.3, 0.4) is 0 Å². The molecule has 1 amide bonds. The number of hydrogen-bond acceptors (Lipinski definition) is 4. The van der Waals surface area contributed by atoms with Crippen molar-refractivity contribution in [2.75, 3.05) is 11.1 Å². The van der Waals surface area contributed by atoms with Gasteiger partial charge in [0.1, 0.15) is 6.33 Å². The number of carbonyl (C=O) groups is 1. The van der Waals surface area contributed by atoms with Crippen LogP contribution in [0, 0.1) is 0 Å². The van der Waals surface area contributed by atoms with Crippen LogP contribution in [0.1, 0.15) is 25.0 Å². The summed E-state index contributed by atoms with van der Waals surface area (Å²) in [4.78, 5) is 16.7. The molecule has 26 heavy (non-hydrogen) atoms. The predicted molar refractivity (Wildman–Crippen MR) is 106 cm³/mol. The molecule has 3 rings (SSSR count). The van der Waals surface area contributed by atoms with Crippen LogP contribution >= 0.6 is 11.8 Å². The number of aryl methyl sites for hydroxylation is 2. The van der Waals surface area contributed by atoms with Gasteiger partial charge in [-0.15, -0.1) is 5.10 Å². The molecule has 0 bridgehead atoms. The zero-order chi connectivity index (χ0) is 18.4. The first-order valence-electron chi connectivity index (χ1n) is 8.71. The van der Waals surface area contributed by atoms with E-state index in [1.54, 1.807) is 11.0 Å². The molecule has 2 aromatic carbocycles. The fraction of sp³-hybridized carbons (Fsp3) is 0.250. The number of thioether (sulfide) groups is 1. The molecule has 6 heteroatoms. The average Bonchev–Trinajstić information content (AvgIpc) is 3.16. The lowest BCUT2D eigenvalue weighted by Crippen LogP contribution is -2.16. The van der Waals surface area contributed by atoms with E-state index in [-0.39, 0.29) is 11.7 Å². The zero-order valence-corrected chi connectivity index (χ0v) is 15.8. The van der Waals surface area contributed by atoms with E-state index < -0.39 is 0 Å². The van der Waals surface area contributed by atoms with E-state index in [0.717, 1.165) is 35.3 Å². The molecule has 0 unspecified atom stereocenters. The molecular formula is C20H22N4OS. The minimum Gasteiger partial charge on any atom is -0.325 e. The van der Waals surface area contributed by atoms with Gasteiger partial charge in [0, 0.05) is 5.69 Å². The number of benzene rings is 2. The van der Waals surface area contributed by atoms with Gasteiger partial charge in [0.2, 0.25) is 11.1 Å². The van der Waals surface area contributed by atoms with Gasteiger partial charge >= 0.3 is 0 Å². The van der Waals surface area contributed by atoms with Crippen molar-refractivity contribution in [1.82, 2.24) is 14.8 Å². The lowest BCUT2D eigenvalue weighted by Gasteiger charge is -2.14. The normalized spacial score (nSPS) is 10.7. The van der Waals surface area contributed by atoms with Gasteiger partial charge in [-0.3, -0.25) is 4.79 Å². The Kier molecular flexibility index (Phi) is 6.07. The second-order valence-electron chi connectivity index (χ2n) is 5.80. The number of amides is 1. The quantitative estimate of drug-likeness (QED) is 0.639. The third-order valence-corrected chi connectivity index (χ3v) is 4.94. The van der Waals surface area contributed by atoms with Gasteiger partial charge in [-0.2, -0.15) is 0 Å². The van der Waals surface area contributed by atoms with Crippen LogP contribution in [0.15, 0.2) is 60.0 Å². The van der Waals surface area contributed by atoms with Gasteiger partial charge in [0.05, 0.1) is 11.4 Å². The second kappa shape index (κ2) is 8.67. The van der Waals surface area contributed by atoms with Gasteiger partial charge in [-0.25, -0.2) is 9.67 Å². The summed E-state index contributed by atoms with van der Waals surface area (Å²) in [5.74, 6) is 0.238. The molecule has 0 aliphatic carbocycles. The first-order chi connectivity index (χ1) is 12.7. The molecular weight excluding hydrogens is 344 g/mol. The zero-order valence-electron chi connectivity index (χ0n) is 15.0. The Morgan fingerprint density at radius 3 is 2.38 bits per heavy atom. The van der Waals surface area contributed by atoms with Crippen molar-refractivity contribution in [2.45, 2.75) is 31.8 Å². The van der Waals surface area contributed by atoms with Crippen molar-refractivity contribution in [1.29, 1.82) is 0 Å². The van der Waals surface area contributed by atoms with Crippen LogP contribution in [0.25, 0.3) is 5.69 Å². The molecule has 0 saturated carbocycles. The maximum absolute atomic E-state index is 12.4. The Labute approximate surface area is 157 Å². The number of anilines is 1. The summed E-state index contributed by atoms with van der Waals surface area (Å²) < 4.78 is 1.71. The number of aromatic nitrogens is 3. The van der Waals surface area contributed by atoms with Gasteiger partial charge in [-0.05, 0) is 36.1 Å². The van der Waals surface area contributed by atoms with E-state index in [1.165, 1.54) is 11.8 Å². The summed E-state index contributed by atoms with van der Waals surface area (Å²) in [5, 5.41) is 8.07. The van der Waals surface area contributed by atoms with Crippen molar-refractivity contribution < 1.29 is 4.79 Å². The maximum Gasteiger partial charge on any atom is 0.234 e. The summed E-state index contributed by atoms with van der Waals surface area (Å²) in [6.07, 6.45) is 3.44. The summed E-state index contributed by atoms with van der Waals surface area (Å²) in [6.45, 7) is 4.19. The molecule has 1 N–H and O–H groups in total. The molecule has 0 atom stereocenters. The first-order valence-corrected chi connectivity index (χ1v) is 9.70. The van der Waals surface area contributed by atoms with E-state index in [4.69, 9.17) is 0 Å². The molecule has 0 fully saturated rings. The van der Waals surface area contributed by atoms with Crippen LogP contribution in [-0.2, 0) is 17.6 Å². The fourth-order valence-corrected chi connectivity index (χ4v) is 3.33. The molecule has 0 saturated heterocycles. The van der Waals surface area contributed by atoms with Crippen molar-refractivity contribution >= 4 is 23.4 Å². The summed E-state index contributed by atoms with van der Waals surface area (Å²) >= 11 is 1.34. The van der Waals surface area contributed by atoms with Crippen molar-refractivity contribution in [3.63, 3.8) is 0 Å². The minimum atomic E-state index is -0.0401. The van der Waals surface area contributed by atoms with Crippen LogP contribution in [0.4, 0.5) is 5.69 Å². The van der Waals surface area contributed by atoms with Crippen LogP contribution in [0.2, 0.25) is 0 Å². The third-order valence-electron chi connectivity index (χ3n) is 4.09. The van der Waals surface area contributed by atoms with Gasteiger partial charge in [0.15, 0.2) is 0 Å². The number of nitrogens with zero attached hydrogens (tertiary/aromatic N) is 3. The molecule has 0 spiro atoms. The van der Waals surface area contributed by atoms with E-state index in [0.29, 0.717) is 5.16 Å². The molecule has 0 aliphatic heterocycles. The number of rotatable bonds is 7. The highest BCUT2D eigenvalue weighted by atomic mass is 32.2. The number of hydrogen-bond donors (Lipinski definition) is 1. The highest BCUT2D eigenvalue weighted by molar-refractivity contribution is 7.99. The van der Waals surface area contributed by atoms with Crippen LogP contribution in [0.5, 0.6) is 0 Å². The molecule has 134 valence electrons. The Morgan fingerprint density at radius 2 is 1.73 bits per heavy atom. The summed E-state index contributed by atoms with van der Waals surface area (Å²) in [6, 6.07) is 16.0. The van der Waals surface area contributed by atoms with E-state index in [2.05, 4.69) is 41.4 Å². The first kappa shape index (κ1) is 18.2. The maximum atomic E-state index is 12.4. The molecule has 1 aromatic heterocycles. The van der Waals surface area contributed by atoms with Crippen LogP contribution in [-0.4, -0.2) is 26.4 Å². The standard InChI is InChI=1S/C20H22N4OS/c1-3-15-9-8-10-16(4-2)19(15)22-18(25)13-26-20-21-14-24(23-20)17-11-6-5-7-12-17/h5-12,14H,3-4,13H2,1-2H3,(H,22,25). The summed E-state index contributed by atoms with van der Waals surface area (Å²) in [7, 11) is 0. The van der Waals surface area contributed by atoms with Gasteiger partial charge in [-0.1, -0.05) is 62.0 Å². The van der Waals surface area contributed by atoms with Crippen molar-refractivity contribution in [3.8, 4) is 5.69 Å². The minimum absolute atomic E-state index is 0.0401. The predicted octanol–water partition coefficient (Wildman–Crippen LogP) is 4.12. The number of nitrogens with one attached hydrogen (secondary N) is 1. The largest absolute Gasteiger partial charge is 0.325 e. The number of para-hydroxylation sites is 2. The summed E-state index contributed by atoms with van der Waals surface area (Å²) in [5.41, 5.74) is 4.22. The van der Waals surface area contributed by atoms with Crippen molar-refractivity contribution in [2.24, 2.45) is 0 Å². The molecule has 5 nitrogen and oxygen atoms in total. The smallest absolute Gasteiger partial charge is 0.234 e. The van der Waals surface area contributed by atoms with Crippen molar-refractivity contribution in [3.05, 3.63) is 66.0 Å². The third kappa shape index (κ3) is 4.32. The van der Waals surface area contributed by atoms with E-state index in [9.17, 15) is 4.79 Å². The Hall–Kier alpha value is -2.60. The highest BCUT2D eigenvalue weighted by Gasteiger charge is 2.12. The Balaban J connectivity index is 1.63. The Morgan fingerprint density at radius 1 is 1.04 bits per heavy atom. The fourth-order valence-electron chi connectivity index (χ4n) is 2.73. The van der Waals surface area contributed by atoms with E-state index >= 15 is 0 Å². The van der Waals surface area contributed by atoms with E-state index in [1.807, 2.05) is 36.4 Å². The lowest BCUT2D eigenvalue weighted by atomic mass is 10.0. The Bertz CT molecular complexity index is 854. The second-order valence-corrected chi connectivity index (χ2v) is 6.74. The van der Waals surface area contributed by atoms with Gasteiger partial charge < -0.3 is 5.32 Å². The highest BCUT2D eigenvalue weighted by Crippen LogP contribution is 2.23. The average molecular weight is 366 g/mol. The molecule has 0 radical (unpaired) electrons. The molecule has 0 aliphatic rings. The SMILES string of the molecule is CCc1cccc(CC)c1NC(=O)CSc1ncn(-c2ccccc2)n1. The monoisotopic (exact) mass is 366 g/mol. The van der Waals surface area contributed by atoms with Gasteiger partial charge in [0.25, 0.3) is 0 Å². The molecule has 3 aromatic rings.